The highest BCUT2D eigenvalue weighted by molar-refractivity contribution is 7.92. The van der Waals surface area contributed by atoms with Crippen LogP contribution in [-0.4, -0.2) is 87.6 Å². The van der Waals surface area contributed by atoms with E-state index in [0.717, 1.165) is 50.3 Å². The summed E-state index contributed by atoms with van der Waals surface area (Å²) in [6, 6.07) is 7.77. The first-order chi connectivity index (χ1) is 31.2. The van der Waals surface area contributed by atoms with E-state index in [9.17, 15) is 53.5 Å². The Bertz CT molecular complexity index is 3250. The molecule has 22 nitrogen and oxygen atoms in total. The third-order valence-corrected chi connectivity index (χ3v) is 14.6. The van der Waals surface area contributed by atoms with Gasteiger partial charge in [-0.15, -0.1) is 8.80 Å². The van der Waals surface area contributed by atoms with Gasteiger partial charge in [-0.3, -0.25) is 19.0 Å². The van der Waals surface area contributed by atoms with Gasteiger partial charge in [0.05, 0.1) is 23.9 Å². The highest BCUT2D eigenvalue weighted by Crippen LogP contribution is 2.39. The first-order valence-electron chi connectivity index (χ1n) is 21.3. The van der Waals surface area contributed by atoms with Crippen molar-refractivity contribution in [1.82, 2.24) is 19.6 Å². The van der Waals surface area contributed by atoms with Gasteiger partial charge in [0, 0.05) is 30.4 Å². The molecule has 6 N–H and O–H groups in total. The van der Waals surface area contributed by atoms with E-state index in [4.69, 9.17) is 0 Å². The Morgan fingerprint density at radius 2 is 1.12 bits per heavy atom. The second-order valence-electron chi connectivity index (χ2n) is 17.3. The number of fused-ring (bicyclic) bond motifs is 2. The molecule has 4 heterocycles. The summed E-state index contributed by atoms with van der Waals surface area (Å²) in [6.07, 6.45) is 7.16. The lowest BCUT2D eigenvalue weighted by atomic mass is 10.0. The van der Waals surface area contributed by atoms with Gasteiger partial charge in [-0.1, -0.05) is 47.5 Å². The van der Waals surface area contributed by atoms with Crippen molar-refractivity contribution >= 4 is 74.5 Å². The predicted octanol–water partition coefficient (Wildman–Crippen LogP) is 4.08. The topological polar surface area (TPSA) is 320 Å². The van der Waals surface area contributed by atoms with E-state index in [1.165, 1.54) is 33.6 Å². The molecule has 0 unspecified atom stereocenters. The molecule has 67 heavy (non-hydrogen) atoms. The molecular formula is C41H54N10O12S4. The van der Waals surface area contributed by atoms with Crippen molar-refractivity contribution < 1.29 is 43.9 Å². The molecule has 0 amide bonds. The SMILES string of the molecule is CC(C)CCn1nc(C2CCCC2)c(O)c(C2=NS(=O)(=O)c3cc(NS(C)(=O)=O)ccc3N2)c1=O.CCc1nn(CCC(C)C)c(=O)c(C2=NS(=O)(=O)c3cc(NS(C)(=O)=O)ccc3N2)c1O. The third kappa shape index (κ3) is 11.8. The number of aromatic hydroxyl groups is 2. The number of anilines is 4. The smallest absolute Gasteiger partial charge is 0.286 e. The van der Waals surface area contributed by atoms with Crippen LogP contribution in [0.5, 0.6) is 11.5 Å². The van der Waals surface area contributed by atoms with Gasteiger partial charge >= 0.3 is 0 Å². The van der Waals surface area contributed by atoms with Crippen LogP contribution in [-0.2, 0) is 59.6 Å². The summed E-state index contributed by atoms with van der Waals surface area (Å²) in [5.74, 6) is -0.817. The van der Waals surface area contributed by atoms with Gasteiger partial charge in [0.1, 0.15) is 32.3 Å². The number of hydrogen-bond donors (Lipinski definition) is 6. The van der Waals surface area contributed by atoms with Crippen LogP contribution in [0.4, 0.5) is 22.7 Å². The molecule has 2 aromatic carbocycles. The maximum absolute atomic E-state index is 13.4. The Balaban J connectivity index is 0.000000222. The molecule has 4 aromatic rings. The number of nitrogens with zero attached hydrogens (tertiary/aromatic N) is 6. The number of aromatic nitrogens is 4. The monoisotopic (exact) mass is 1010 g/mol. The quantitative estimate of drug-likeness (QED) is 0.104. The van der Waals surface area contributed by atoms with Crippen molar-refractivity contribution in [3.8, 4) is 11.5 Å². The lowest BCUT2D eigenvalue weighted by Gasteiger charge is -2.22. The second kappa shape index (κ2) is 19.4. The molecule has 0 spiro atoms. The average Bonchev–Trinajstić information content (AvgIpc) is 3.75. The molecule has 0 bridgehead atoms. The minimum Gasteiger partial charge on any atom is -0.505 e. The van der Waals surface area contributed by atoms with E-state index < -0.39 is 57.0 Å². The molecule has 7 rings (SSSR count). The van der Waals surface area contributed by atoms with E-state index in [2.05, 4.69) is 39.1 Å². The standard InChI is InChI=1S/C22H29N5O6S2.C19H25N5O6S2/c1-13(2)10-11-27-22(29)18(20(28)19(24-27)14-6-4-5-7-14)21-23-16-9-8-15(25-34(3,30)31)12-17(16)35(32,33)26-21;1-5-13-17(25)16(19(26)24(21-13)9-8-11(2)3)18-20-14-7-6-12(22-31(4,27)28)10-15(14)32(29,30)23-18/h8-9,12-14,25,28H,4-7,10-11H2,1-3H3,(H,23,26);6-7,10-11,22,25H,5,8-9H2,1-4H3,(H,20,23). The lowest BCUT2D eigenvalue weighted by Crippen LogP contribution is -2.35. The first kappa shape index (κ1) is 50.6. The van der Waals surface area contributed by atoms with Gasteiger partial charge in [0.2, 0.25) is 20.0 Å². The maximum Gasteiger partial charge on any atom is 0.286 e. The second-order valence-corrected chi connectivity index (χ2v) is 23.9. The summed E-state index contributed by atoms with van der Waals surface area (Å²) in [5, 5.41) is 36.0. The van der Waals surface area contributed by atoms with Crippen LogP contribution in [0.15, 0.2) is 64.6 Å². The summed E-state index contributed by atoms with van der Waals surface area (Å²) in [6.45, 7) is 10.4. The Morgan fingerprint density at radius 3 is 1.52 bits per heavy atom. The van der Waals surface area contributed by atoms with Crippen LogP contribution in [0.1, 0.15) is 102 Å². The predicted molar refractivity (Wildman–Crippen MR) is 254 cm³/mol. The lowest BCUT2D eigenvalue weighted by molar-refractivity contribution is 0.419. The summed E-state index contributed by atoms with van der Waals surface area (Å²) >= 11 is 0. The molecule has 26 heteroatoms. The number of sulfonamides is 4. The number of amidine groups is 2. The highest BCUT2D eigenvalue weighted by Gasteiger charge is 2.34. The minimum atomic E-state index is -4.31. The first-order valence-corrected chi connectivity index (χ1v) is 28.0. The molecule has 1 aliphatic carbocycles. The summed E-state index contributed by atoms with van der Waals surface area (Å²) < 4.78 is 112. The molecule has 3 aliphatic rings. The summed E-state index contributed by atoms with van der Waals surface area (Å²) in [4.78, 5) is 25.9. The van der Waals surface area contributed by atoms with E-state index in [-0.39, 0.29) is 72.7 Å². The zero-order chi connectivity index (χ0) is 49.4. The summed E-state index contributed by atoms with van der Waals surface area (Å²) in [7, 11) is -15.8. The van der Waals surface area contributed by atoms with E-state index in [0.29, 0.717) is 49.9 Å². The molecule has 364 valence electrons. The third-order valence-electron chi connectivity index (χ3n) is 10.8. The van der Waals surface area contributed by atoms with Gasteiger partial charge < -0.3 is 20.8 Å². The van der Waals surface area contributed by atoms with Crippen LogP contribution >= 0.6 is 0 Å². The van der Waals surface area contributed by atoms with Crippen molar-refractivity contribution in [2.24, 2.45) is 20.6 Å². The fourth-order valence-corrected chi connectivity index (χ4v) is 10.9. The zero-order valence-electron chi connectivity index (χ0n) is 37.9. The van der Waals surface area contributed by atoms with E-state index in [1.54, 1.807) is 6.92 Å². The largest absolute Gasteiger partial charge is 0.505 e. The fourth-order valence-electron chi connectivity index (χ4n) is 7.49. The van der Waals surface area contributed by atoms with Gasteiger partial charge in [-0.2, -0.15) is 27.0 Å². The zero-order valence-corrected chi connectivity index (χ0v) is 41.1. The summed E-state index contributed by atoms with van der Waals surface area (Å²) in [5.41, 5.74) is -0.896. The van der Waals surface area contributed by atoms with Crippen molar-refractivity contribution in [2.45, 2.75) is 108 Å². The molecule has 0 saturated heterocycles. The molecule has 1 saturated carbocycles. The Kier molecular flexibility index (Phi) is 14.6. The normalized spacial score (nSPS) is 16.4. The fraction of sp³-hybridized carbons (Fsp3) is 0.463. The Labute approximate surface area is 388 Å². The van der Waals surface area contributed by atoms with Gasteiger partial charge in [-0.05, 0) is 80.3 Å². The van der Waals surface area contributed by atoms with Crippen LogP contribution in [0.25, 0.3) is 0 Å². The van der Waals surface area contributed by atoms with Crippen molar-refractivity contribution in [3.63, 3.8) is 0 Å². The van der Waals surface area contributed by atoms with Gasteiger partial charge in [-0.25, -0.2) is 26.2 Å². The number of benzene rings is 2. The molecule has 1 fully saturated rings. The van der Waals surface area contributed by atoms with Crippen LogP contribution in [0.3, 0.4) is 0 Å². The number of aryl methyl sites for hydroxylation is 3. The Morgan fingerprint density at radius 1 is 0.701 bits per heavy atom. The van der Waals surface area contributed by atoms with Gasteiger partial charge in [0.15, 0.2) is 23.2 Å². The van der Waals surface area contributed by atoms with Crippen LogP contribution in [0.2, 0.25) is 0 Å². The van der Waals surface area contributed by atoms with Crippen molar-refractivity contribution in [2.75, 3.05) is 32.6 Å². The average molecular weight is 1010 g/mol. The van der Waals surface area contributed by atoms with E-state index in [1.807, 2.05) is 27.7 Å². The minimum absolute atomic E-state index is 0.0302. The van der Waals surface area contributed by atoms with E-state index >= 15 is 0 Å². The highest BCUT2D eigenvalue weighted by atomic mass is 32.2. The molecule has 2 aliphatic heterocycles. The molecule has 0 atom stereocenters. The van der Waals surface area contributed by atoms with Crippen molar-refractivity contribution in [3.05, 3.63) is 79.6 Å². The number of nitrogens with one attached hydrogen (secondary N) is 4. The molecule has 2 aromatic heterocycles. The maximum atomic E-state index is 13.4. The number of hydrogen-bond acceptors (Lipinski definition) is 16. The van der Waals surface area contributed by atoms with Gasteiger partial charge in [0.25, 0.3) is 31.2 Å². The van der Waals surface area contributed by atoms with Crippen molar-refractivity contribution in [1.29, 1.82) is 0 Å². The van der Waals surface area contributed by atoms with Crippen LogP contribution < -0.4 is 31.2 Å². The Hall–Kier alpha value is -5.86. The number of rotatable bonds is 14. The molecular weight excluding hydrogens is 953 g/mol. The van der Waals surface area contributed by atoms with Crippen LogP contribution in [0, 0.1) is 11.8 Å². The molecule has 0 radical (unpaired) electrons.